The van der Waals surface area contributed by atoms with Gasteiger partial charge in [0.2, 0.25) is 11.9 Å². The molecule has 3 aliphatic carbocycles. The van der Waals surface area contributed by atoms with Crippen LogP contribution in [0.15, 0.2) is 41.2 Å². The monoisotopic (exact) mass is 700 g/mol. The molecule has 8 rings (SSSR count). The van der Waals surface area contributed by atoms with Crippen LogP contribution in [0.2, 0.25) is 0 Å². The Morgan fingerprint density at radius 3 is 2.43 bits per heavy atom. The molecule has 0 radical (unpaired) electrons. The molecule has 0 unspecified atom stereocenters. The van der Waals surface area contributed by atoms with Crippen molar-refractivity contribution in [3.05, 3.63) is 58.1 Å². The number of carbonyl (C=O) groups excluding carboxylic acids is 1. The van der Waals surface area contributed by atoms with E-state index in [-0.39, 0.29) is 60.0 Å². The van der Waals surface area contributed by atoms with Crippen molar-refractivity contribution >= 4 is 34.4 Å². The Morgan fingerprint density at radius 2 is 1.78 bits per heavy atom. The van der Waals surface area contributed by atoms with Crippen LogP contribution in [0.3, 0.4) is 0 Å². The maximum absolute atomic E-state index is 15.0. The van der Waals surface area contributed by atoms with Gasteiger partial charge in [0.05, 0.1) is 24.6 Å². The summed E-state index contributed by atoms with van der Waals surface area (Å²) in [4.78, 5) is 38.5. The van der Waals surface area contributed by atoms with Gasteiger partial charge in [0.15, 0.2) is 5.96 Å². The molecule has 3 aromatic rings. The predicted octanol–water partition coefficient (Wildman–Crippen LogP) is 4.61. The normalized spacial score (nSPS) is 28.6. The summed E-state index contributed by atoms with van der Waals surface area (Å²) in [6, 6.07) is 10.9. The lowest BCUT2D eigenvalue weighted by Crippen LogP contribution is -2.65. The summed E-state index contributed by atoms with van der Waals surface area (Å²) in [6.07, 6.45) is 2.48. The molecule has 5 fully saturated rings. The Kier molecular flexibility index (Phi) is 9.26. The standard InChI is InChI=1S/C39H53FN8O3/c1-22-19-46(20-23(2)42-22)38-44-33-16-28(9-11-30(33)36(50)47(38)13-12-26-8-10-29(51-7)17-32(26)40)48(37(41)45-18-24(3)43-35(49)21-45)34-15-27-14-31(25(34)4)39(27,5)6/h8-11,16-17,22-25,27,31,34,41-42H,12-15,18-21H2,1-7H3,(H,43,49)/t22-,23+,24-,25-,27+,31-,34-/m0/s1. The number of nitrogens with one attached hydrogen (secondary N) is 3. The number of ether oxygens (including phenoxy) is 1. The van der Waals surface area contributed by atoms with Crippen LogP contribution in [0.5, 0.6) is 5.75 Å². The van der Waals surface area contributed by atoms with Crippen molar-refractivity contribution < 1.29 is 13.9 Å². The van der Waals surface area contributed by atoms with Crippen LogP contribution >= 0.6 is 0 Å². The zero-order valence-electron chi connectivity index (χ0n) is 31.0. The van der Waals surface area contributed by atoms with Crippen molar-refractivity contribution in [2.45, 2.75) is 91.5 Å². The van der Waals surface area contributed by atoms with E-state index in [1.807, 2.05) is 30.0 Å². The predicted molar refractivity (Wildman–Crippen MR) is 199 cm³/mol. The topological polar surface area (TPSA) is 119 Å². The Balaban J connectivity index is 1.30. The second-order valence-corrected chi connectivity index (χ2v) is 16.2. The molecule has 11 nitrogen and oxygen atoms in total. The van der Waals surface area contributed by atoms with E-state index < -0.39 is 0 Å². The molecule has 3 saturated carbocycles. The molecule has 2 aliphatic heterocycles. The highest BCUT2D eigenvalue weighted by Gasteiger charge is 2.58. The molecular formula is C39H53FN8O3. The van der Waals surface area contributed by atoms with E-state index in [2.05, 4.69) is 55.1 Å². The molecule has 1 aromatic heterocycles. The number of aromatic nitrogens is 2. The number of fused-ring (bicyclic) bond motifs is 3. The van der Waals surface area contributed by atoms with Gasteiger partial charge in [0.1, 0.15) is 11.6 Å². The molecule has 3 heterocycles. The number of carbonyl (C=O) groups is 1. The molecule has 2 aromatic carbocycles. The van der Waals surface area contributed by atoms with Crippen LogP contribution in [0, 0.1) is 34.4 Å². The minimum Gasteiger partial charge on any atom is -0.497 e. The second kappa shape index (κ2) is 13.4. The van der Waals surface area contributed by atoms with Gasteiger partial charge in [0.25, 0.3) is 5.56 Å². The number of aryl methyl sites for hydroxylation is 1. The highest BCUT2D eigenvalue weighted by Crippen LogP contribution is 2.62. The minimum absolute atomic E-state index is 0.0703. The molecule has 51 heavy (non-hydrogen) atoms. The first-order valence-electron chi connectivity index (χ1n) is 18.5. The summed E-state index contributed by atoms with van der Waals surface area (Å²) in [5.41, 5.74) is 1.96. The van der Waals surface area contributed by atoms with Gasteiger partial charge in [-0.1, -0.05) is 26.8 Å². The number of nitrogens with zero attached hydrogens (tertiary/aromatic N) is 5. The van der Waals surface area contributed by atoms with E-state index in [9.17, 15) is 15.0 Å². The smallest absolute Gasteiger partial charge is 0.262 e. The number of rotatable bonds is 7. The van der Waals surface area contributed by atoms with E-state index in [1.54, 1.807) is 16.7 Å². The van der Waals surface area contributed by atoms with Gasteiger partial charge in [-0.2, -0.15) is 0 Å². The fraction of sp³-hybridized carbons (Fsp3) is 0.590. The van der Waals surface area contributed by atoms with Crippen LogP contribution in [-0.2, 0) is 17.8 Å². The number of anilines is 2. The van der Waals surface area contributed by atoms with Crippen LogP contribution in [-0.4, -0.2) is 83.8 Å². The van der Waals surface area contributed by atoms with Crippen molar-refractivity contribution in [1.29, 1.82) is 5.41 Å². The lowest BCUT2D eigenvalue weighted by Gasteiger charge is -2.63. The summed E-state index contributed by atoms with van der Waals surface area (Å²) in [7, 11) is 1.51. The average molecular weight is 701 g/mol. The Bertz CT molecular complexity index is 1890. The SMILES string of the molecule is COc1ccc(CCn2c(N3C[C@@H](C)N[C@@H](C)C3)nc3cc(N(C(=N)N4CC(=O)N[C@@H](C)C4)[C@H]4C[C@H]5C[C@@H]([C@@H]4C)C5(C)C)ccc3c2=O)c(F)c1. The number of halogens is 1. The fourth-order valence-corrected chi connectivity index (χ4v) is 9.55. The van der Waals surface area contributed by atoms with Gasteiger partial charge >= 0.3 is 0 Å². The van der Waals surface area contributed by atoms with Crippen molar-refractivity contribution in [3.8, 4) is 5.75 Å². The second-order valence-electron chi connectivity index (χ2n) is 16.2. The lowest BCUT2D eigenvalue weighted by molar-refractivity contribution is -0.124. The quantitative estimate of drug-likeness (QED) is 0.242. The number of methoxy groups -OCH3 is 1. The molecular weight excluding hydrogens is 647 g/mol. The number of hydrogen-bond acceptors (Lipinski definition) is 7. The van der Waals surface area contributed by atoms with Gasteiger partial charge in [-0.3, -0.25) is 19.6 Å². The Labute approximate surface area is 300 Å². The van der Waals surface area contributed by atoms with Crippen molar-refractivity contribution in [3.63, 3.8) is 0 Å². The number of benzene rings is 2. The van der Waals surface area contributed by atoms with E-state index in [0.29, 0.717) is 77.9 Å². The van der Waals surface area contributed by atoms with Crippen LogP contribution in [0.1, 0.15) is 59.9 Å². The molecule has 274 valence electrons. The first kappa shape index (κ1) is 35.2. The average Bonchev–Trinajstić information content (AvgIpc) is 3.07. The van der Waals surface area contributed by atoms with Crippen LogP contribution in [0.4, 0.5) is 16.0 Å². The molecule has 7 atom stereocenters. The zero-order chi connectivity index (χ0) is 36.4. The van der Waals surface area contributed by atoms with Gasteiger partial charge in [-0.15, -0.1) is 0 Å². The lowest BCUT2D eigenvalue weighted by atomic mass is 9.44. The number of amides is 1. The van der Waals surface area contributed by atoms with Crippen LogP contribution < -0.4 is 30.7 Å². The Morgan fingerprint density at radius 1 is 1.04 bits per heavy atom. The van der Waals surface area contributed by atoms with E-state index >= 15 is 4.39 Å². The summed E-state index contributed by atoms with van der Waals surface area (Å²) >= 11 is 0. The zero-order valence-corrected chi connectivity index (χ0v) is 31.0. The number of piperazine rings is 2. The van der Waals surface area contributed by atoms with E-state index in [0.717, 1.165) is 12.1 Å². The third-order valence-corrected chi connectivity index (χ3v) is 12.3. The van der Waals surface area contributed by atoms with Gasteiger partial charge in [-0.05, 0) is 93.0 Å². The molecule has 1 amide bonds. The van der Waals surface area contributed by atoms with Gasteiger partial charge < -0.3 is 30.1 Å². The van der Waals surface area contributed by atoms with Gasteiger partial charge in [-0.25, -0.2) is 9.37 Å². The molecule has 12 heteroatoms. The summed E-state index contributed by atoms with van der Waals surface area (Å²) in [6.45, 7) is 15.6. The van der Waals surface area contributed by atoms with Crippen molar-refractivity contribution in [2.75, 3.05) is 43.1 Å². The molecule has 0 spiro atoms. The van der Waals surface area contributed by atoms with Crippen molar-refractivity contribution in [1.82, 2.24) is 25.1 Å². The van der Waals surface area contributed by atoms with E-state index in [4.69, 9.17) is 9.72 Å². The third kappa shape index (κ3) is 6.44. The summed E-state index contributed by atoms with van der Waals surface area (Å²) in [5.74, 6) is 2.31. The first-order valence-corrected chi connectivity index (χ1v) is 18.5. The maximum atomic E-state index is 15.0. The number of guanidine groups is 1. The van der Waals surface area contributed by atoms with Gasteiger partial charge in [0, 0.05) is 62.1 Å². The third-order valence-electron chi connectivity index (χ3n) is 12.3. The first-order chi connectivity index (χ1) is 24.2. The van der Waals surface area contributed by atoms with Crippen LogP contribution in [0.25, 0.3) is 10.9 Å². The number of hydrogen-bond donors (Lipinski definition) is 3. The largest absolute Gasteiger partial charge is 0.497 e. The summed E-state index contributed by atoms with van der Waals surface area (Å²) in [5, 5.41) is 16.6. The fourth-order valence-electron chi connectivity index (χ4n) is 9.55. The molecule has 5 aliphatic rings. The molecule has 3 N–H and O–H groups in total. The maximum Gasteiger partial charge on any atom is 0.262 e. The minimum atomic E-state index is -0.368. The summed E-state index contributed by atoms with van der Waals surface area (Å²) < 4.78 is 21.9. The molecule has 2 saturated heterocycles. The van der Waals surface area contributed by atoms with Crippen molar-refractivity contribution in [2.24, 2.45) is 23.2 Å². The van der Waals surface area contributed by atoms with E-state index in [1.165, 1.54) is 19.6 Å². The highest BCUT2D eigenvalue weighted by atomic mass is 19.1. The highest BCUT2D eigenvalue weighted by molar-refractivity contribution is 5.99. The molecule has 2 bridgehead atoms. The Hall–Kier alpha value is -4.19.